The summed E-state index contributed by atoms with van der Waals surface area (Å²) in [5.41, 5.74) is 1.93. The Hall–Kier alpha value is -2.60. The van der Waals surface area contributed by atoms with Crippen molar-refractivity contribution in [2.75, 3.05) is 6.54 Å². The lowest BCUT2D eigenvalue weighted by Crippen LogP contribution is -2.22. The molecule has 23 heavy (non-hydrogen) atoms. The molecule has 1 fully saturated rings. The molecule has 3 aromatic rings. The van der Waals surface area contributed by atoms with Crippen LogP contribution in [-0.4, -0.2) is 31.6 Å². The van der Waals surface area contributed by atoms with Gasteiger partial charge in [-0.25, -0.2) is 4.98 Å². The fourth-order valence-corrected chi connectivity index (χ4v) is 3.00. The van der Waals surface area contributed by atoms with Crippen LogP contribution in [0.25, 0.3) is 11.5 Å². The molecule has 3 heterocycles. The second-order valence-corrected chi connectivity index (χ2v) is 5.66. The summed E-state index contributed by atoms with van der Waals surface area (Å²) in [6.07, 6.45) is 7.08. The first-order valence-electron chi connectivity index (χ1n) is 7.78. The molecular weight excluding hydrogens is 290 g/mol. The van der Waals surface area contributed by atoms with Crippen molar-refractivity contribution in [3.63, 3.8) is 0 Å². The molecule has 1 aliphatic heterocycles. The van der Waals surface area contributed by atoms with Crippen molar-refractivity contribution >= 4 is 0 Å². The second kappa shape index (κ2) is 6.26. The van der Waals surface area contributed by atoms with E-state index >= 15 is 0 Å². The number of likely N-dealkylation sites (tertiary alicyclic amines) is 1. The molecule has 0 unspecified atom stereocenters. The Bertz CT molecular complexity index is 759. The van der Waals surface area contributed by atoms with Gasteiger partial charge in [0.15, 0.2) is 0 Å². The molecule has 1 aliphatic rings. The molecule has 6 heteroatoms. The topological polar surface area (TPSA) is 67.9 Å². The van der Waals surface area contributed by atoms with Crippen LogP contribution in [0.1, 0.15) is 30.3 Å². The first-order valence-corrected chi connectivity index (χ1v) is 7.78. The summed E-state index contributed by atoms with van der Waals surface area (Å²) in [6, 6.07) is 10.6. The van der Waals surface area contributed by atoms with Crippen LogP contribution in [0, 0.1) is 0 Å². The van der Waals surface area contributed by atoms with E-state index in [0.29, 0.717) is 17.4 Å². The van der Waals surface area contributed by atoms with E-state index in [1.54, 1.807) is 18.6 Å². The van der Waals surface area contributed by atoms with Crippen molar-refractivity contribution in [3.05, 3.63) is 60.4 Å². The van der Waals surface area contributed by atoms with Crippen LogP contribution in [0.15, 0.2) is 53.4 Å². The summed E-state index contributed by atoms with van der Waals surface area (Å²) >= 11 is 0. The van der Waals surface area contributed by atoms with E-state index in [4.69, 9.17) is 4.52 Å². The van der Waals surface area contributed by atoms with Crippen molar-refractivity contribution < 1.29 is 4.52 Å². The fourth-order valence-electron chi connectivity index (χ4n) is 3.00. The highest BCUT2D eigenvalue weighted by Gasteiger charge is 2.30. The predicted molar refractivity (Wildman–Crippen MR) is 84.2 cm³/mol. The zero-order valence-electron chi connectivity index (χ0n) is 12.7. The lowest BCUT2D eigenvalue weighted by Gasteiger charge is -2.21. The van der Waals surface area contributed by atoms with Gasteiger partial charge in [-0.2, -0.15) is 4.98 Å². The Kier molecular flexibility index (Phi) is 3.81. The Morgan fingerprint density at radius 2 is 2.09 bits per heavy atom. The molecule has 4 rings (SSSR count). The van der Waals surface area contributed by atoms with Gasteiger partial charge < -0.3 is 4.52 Å². The van der Waals surface area contributed by atoms with Crippen LogP contribution in [0.2, 0.25) is 0 Å². The Balaban J connectivity index is 1.54. The second-order valence-electron chi connectivity index (χ2n) is 5.66. The van der Waals surface area contributed by atoms with Gasteiger partial charge in [0.2, 0.25) is 11.7 Å². The summed E-state index contributed by atoms with van der Waals surface area (Å²) < 4.78 is 5.50. The van der Waals surface area contributed by atoms with E-state index in [1.807, 2.05) is 6.07 Å². The molecule has 0 spiro atoms. The maximum atomic E-state index is 5.50. The van der Waals surface area contributed by atoms with E-state index < -0.39 is 0 Å². The minimum absolute atomic E-state index is 0.174. The zero-order chi connectivity index (χ0) is 15.5. The van der Waals surface area contributed by atoms with Gasteiger partial charge in [-0.15, -0.1) is 0 Å². The average Bonchev–Trinajstić information content (AvgIpc) is 3.25. The Morgan fingerprint density at radius 1 is 1.17 bits per heavy atom. The quantitative estimate of drug-likeness (QED) is 0.738. The standard InChI is InChI=1S/C17H17N5O/c1-2-5-13(6-3-1)12-22-10-4-7-15(22)17-20-16(21-23-17)14-11-18-8-9-19-14/h1-3,5-6,8-9,11,15H,4,7,10,12H2/t15-/m0/s1. The third kappa shape index (κ3) is 2.98. The summed E-state index contributed by atoms with van der Waals surface area (Å²) in [4.78, 5) is 15.2. The largest absolute Gasteiger partial charge is 0.337 e. The van der Waals surface area contributed by atoms with Crippen molar-refractivity contribution in [2.45, 2.75) is 25.4 Å². The monoisotopic (exact) mass is 307 g/mol. The molecule has 0 N–H and O–H groups in total. The predicted octanol–water partition coefficient (Wildman–Crippen LogP) is 2.86. The number of rotatable bonds is 4. The molecular formula is C17H17N5O. The van der Waals surface area contributed by atoms with E-state index in [0.717, 1.165) is 25.9 Å². The van der Waals surface area contributed by atoms with Gasteiger partial charge in [-0.05, 0) is 24.9 Å². The van der Waals surface area contributed by atoms with Gasteiger partial charge in [0.25, 0.3) is 0 Å². The highest BCUT2D eigenvalue weighted by Crippen LogP contribution is 2.32. The van der Waals surface area contributed by atoms with E-state index in [9.17, 15) is 0 Å². The fraction of sp³-hybridized carbons (Fsp3) is 0.294. The summed E-state index contributed by atoms with van der Waals surface area (Å²) in [5.74, 6) is 1.17. The van der Waals surface area contributed by atoms with Crippen LogP contribution in [-0.2, 0) is 6.54 Å². The molecule has 1 saturated heterocycles. The zero-order valence-corrected chi connectivity index (χ0v) is 12.7. The minimum atomic E-state index is 0.174. The van der Waals surface area contributed by atoms with E-state index in [1.165, 1.54) is 5.56 Å². The van der Waals surface area contributed by atoms with Gasteiger partial charge in [0.1, 0.15) is 5.69 Å². The normalized spacial score (nSPS) is 18.3. The van der Waals surface area contributed by atoms with E-state index in [-0.39, 0.29) is 6.04 Å². The molecule has 0 saturated carbocycles. The van der Waals surface area contributed by atoms with Gasteiger partial charge in [-0.3, -0.25) is 9.88 Å². The SMILES string of the molecule is c1ccc(CN2CCC[C@H]2c2nc(-c3cnccn3)no2)cc1. The molecule has 6 nitrogen and oxygen atoms in total. The van der Waals surface area contributed by atoms with Crippen LogP contribution in [0.3, 0.4) is 0 Å². The lowest BCUT2D eigenvalue weighted by molar-refractivity contribution is 0.201. The molecule has 1 atom stereocenters. The molecule has 0 bridgehead atoms. The first-order chi connectivity index (χ1) is 11.4. The third-order valence-electron chi connectivity index (χ3n) is 4.11. The summed E-state index contributed by atoms with van der Waals surface area (Å²) in [7, 11) is 0. The summed E-state index contributed by atoms with van der Waals surface area (Å²) in [6.45, 7) is 1.94. The number of hydrogen-bond donors (Lipinski definition) is 0. The van der Waals surface area contributed by atoms with Gasteiger partial charge >= 0.3 is 0 Å². The number of benzene rings is 1. The van der Waals surface area contributed by atoms with Crippen molar-refractivity contribution in [2.24, 2.45) is 0 Å². The Labute approximate surface area is 134 Å². The average molecular weight is 307 g/mol. The Morgan fingerprint density at radius 3 is 2.91 bits per heavy atom. The summed E-state index contributed by atoms with van der Waals surface area (Å²) in [5, 5.41) is 4.06. The van der Waals surface area contributed by atoms with Gasteiger partial charge in [0.05, 0.1) is 12.2 Å². The molecule has 0 amide bonds. The van der Waals surface area contributed by atoms with Crippen molar-refractivity contribution in [1.82, 2.24) is 25.0 Å². The van der Waals surface area contributed by atoms with Crippen LogP contribution < -0.4 is 0 Å². The maximum Gasteiger partial charge on any atom is 0.244 e. The molecule has 1 aromatic carbocycles. The minimum Gasteiger partial charge on any atom is -0.337 e. The van der Waals surface area contributed by atoms with Crippen LogP contribution >= 0.6 is 0 Å². The van der Waals surface area contributed by atoms with Crippen LogP contribution in [0.5, 0.6) is 0 Å². The maximum absolute atomic E-state index is 5.50. The molecule has 0 aliphatic carbocycles. The first kappa shape index (κ1) is 14.0. The molecule has 0 radical (unpaired) electrons. The van der Waals surface area contributed by atoms with Gasteiger partial charge in [-0.1, -0.05) is 35.5 Å². The van der Waals surface area contributed by atoms with Gasteiger partial charge in [0, 0.05) is 18.9 Å². The number of hydrogen-bond acceptors (Lipinski definition) is 6. The molecule has 116 valence electrons. The highest BCUT2D eigenvalue weighted by atomic mass is 16.5. The van der Waals surface area contributed by atoms with Crippen molar-refractivity contribution in [1.29, 1.82) is 0 Å². The number of aromatic nitrogens is 4. The van der Waals surface area contributed by atoms with E-state index in [2.05, 4.69) is 49.3 Å². The molecule has 2 aromatic heterocycles. The highest BCUT2D eigenvalue weighted by molar-refractivity contribution is 5.45. The number of nitrogens with zero attached hydrogens (tertiary/aromatic N) is 5. The lowest BCUT2D eigenvalue weighted by atomic mass is 10.2. The smallest absolute Gasteiger partial charge is 0.244 e. The third-order valence-corrected chi connectivity index (χ3v) is 4.11. The van der Waals surface area contributed by atoms with Crippen LogP contribution in [0.4, 0.5) is 0 Å². The van der Waals surface area contributed by atoms with Crippen molar-refractivity contribution in [3.8, 4) is 11.5 Å².